The minimum absolute atomic E-state index is 0.0289. The van der Waals surface area contributed by atoms with Gasteiger partial charge >= 0.3 is 0 Å². The molecular formula is C50H38N6. The molecule has 3 unspecified atom stereocenters. The van der Waals surface area contributed by atoms with Crippen LogP contribution in [-0.2, 0) is 0 Å². The highest BCUT2D eigenvalue weighted by molar-refractivity contribution is 6.21. The molecular weight excluding hydrogens is 685 g/mol. The van der Waals surface area contributed by atoms with Gasteiger partial charge in [-0.05, 0) is 52.1 Å². The minimum Gasteiger partial charge on any atom is -0.367 e. The van der Waals surface area contributed by atoms with Crippen LogP contribution >= 0.6 is 0 Å². The topological polar surface area (TPSA) is 58.0 Å². The molecule has 0 saturated carbocycles. The predicted octanol–water partition coefficient (Wildman–Crippen LogP) is 10.6. The molecule has 3 aliphatic rings. The first-order valence-electron chi connectivity index (χ1n) is 19.5. The van der Waals surface area contributed by atoms with E-state index >= 15 is 0 Å². The zero-order chi connectivity index (χ0) is 36.7. The zero-order valence-electron chi connectivity index (χ0n) is 30.5. The van der Waals surface area contributed by atoms with Crippen molar-refractivity contribution in [2.75, 3.05) is 0 Å². The second kappa shape index (κ2) is 12.4. The van der Waals surface area contributed by atoms with E-state index < -0.39 is 0 Å². The van der Waals surface area contributed by atoms with Crippen molar-refractivity contribution in [3.05, 3.63) is 199 Å². The van der Waals surface area contributed by atoms with E-state index in [-0.39, 0.29) is 24.7 Å². The zero-order valence-corrected chi connectivity index (χ0v) is 30.5. The molecule has 6 nitrogen and oxygen atoms in total. The van der Waals surface area contributed by atoms with E-state index in [4.69, 9.17) is 0 Å². The van der Waals surface area contributed by atoms with Crippen LogP contribution in [0.25, 0.3) is 71.6 Å². The lowest BCUT2D eigenvalue weighted by Crippen LogP contribution is -2.59. The summed E-state index contributed by atoms with van der Waals surface area (Å²) < 4.78 is 5.03. The summed E-state index contributed by atoms with van der Waals surface area (Å²) in [5.74, 6) is 0. The van der Waals surface area contributed by atoms with Gasteiger partial charge in [0.25, 0.3) is 0 Å². The highest BCUT2D eigenvalue weighted by atomic mass is 15.4. The van der Waals surface area contributed by atoms with E-state index in [0.717, 1.165) is 5.57 Å². The van der Waals surface area contributed by atoms with Gasteiger partial charge in [-0.15, -0.1) is 0 Å². The molecule has 3 aliphatic heterocycles. The molecule has 0 radical (unpaired) electrons. The van der Waals surface area contributed by atoms with E-state index in [1.54, 1.807) is 0 Å². The van der Waals surface area contributed by atoms with Gasteiger partial charge < -0.3 is 14.5 Å². The lowest BCUT2D eigenvalue weighted by Gasteiger charge is -2.40. The fourth-order valence-electron chi connectivity index (χ4n) is 9.58. The maximum Gasteiger partial charge on any atom is 0.123 e. The van der Waals surface area contributed by atoms with E-state index in [0.29, 0.717) is 0 Å². The first kappa shape index (κ1) is 31.6. The molecule has 1 saturated heterocycles. The second-order valence-corrected chi connectivity index (χ2v) is 15.1. The van der Waals surface area contributed by atoms with Gasteiger partial charge in [0.05, 0.1) is 46.3 Å². The van der Waals surface area contributed by atoms with Crippen LogP contribution < -0.4 is 21.3 Å². The highest BCUT2D eigenvalue weighted by Crippen LogP contribution is 2.50. The molecule has 0 aliphatic carbocycles. The number of fused-ring (bicyclic) bond motifs is 12. The molecule has 268 valence electrons. The van der Waals surface area contributed by atoms with Crippen molar-refractivity contribution in [3.63, 3.8) is 0 Å². The van der Waals surface area contributed by atoms with Crippen molar-refractivity contribution in [1.82, 2.24) is 30.4 Å². The normalized spacial score (nSPS) is 20.1. The van der Waals surface area contributed by atoms with Gasteiger partial charge in [0.15, 0.2) is 0 Å². The van der Waals surface area contributed by atoms with Crippen molar-refractivity contribution in [1.29, 1.82) is 0 Å². The first-order chi connectivity index (χ1) is 27.8. The molecule has 5 heterocycles. The lowest BCUT2D eigenvalue weighted by atomic mass is 9.92. The van der Waals surface area contributed by atoms with E-state index in [2.05, 4.69) is 213 Å². The number of hydrogen-bond acceptors (Lipinski definition) is 4. The molecule has 3 atom stereocenters. The SMILES string of the molecule is C1=CC(n2c3ccccc3c3c4c(ccc32)-c2ccccc2-c2cccc3c5ccccc5n-4c23)NC=C1C1NC(c2ccccc2)NC(c2ccccc2)N1. The maximum atomic E-state index is 3.84. The largest absolute Gasteiger partial charge is 0.367 e. The van der Waals surface area contributed by atoms with E-state index in [9.17, 15) is 0 Å². The van der Waals surface area contributed by atoms with Crippen LogP contribution in [0.1, 0.15) is 29.6 Å². The summed E-state index contributed by atoms with van der Waals surface area (Å²) in [6.45, 7) is 0. The summed E-state index contributed by atoms with van der Waals surface area (Å²) in [6.07, 6.45) is 6.53. The average molecular weight is 723 g/mol. The number of aromatic nitrogens is 2. The van der Waals surface area contributed by atoms with E-state index in [1.807, 2.05) is 0 Å². The number of rotatable bonds is 4. The van der Waals surface area contributed by atoms with Gasteiger partial charge in [0.1, 0.15) is 6.17 Å². The Morgan fingerprint density at radius 3 is 1.73 bits per heavy atom. The van der Waals surface area contributed by atoms with Crippen LogP contribution in [-0.4, -0.2) is 15.3 Å². The summed E-state index contributed by atoms with van der Waals surface area (Å²) in [5, 5.41) is 20.3. The Morgan fingerprint density at radius 2 is 1.02 bits per heavy atom. The monoisotopic (exact) mass is 722 g/mol. The van der Waals surface area contributed by atoms with Gasteiger partial charge in [-0.1, -0.05) is 152 Å². The Hall–Kier alpha value is -6.70. The summed E-state index contributed by atoms with van der Waals surface area (Å²) >= 11 is 0. The Balaban J connectivity index is 1.01. The summed E-state index contributed by atoms with van der Waals surface area (Å²) in [5.41, 5.74) is 14.7. The second-order valence-electron chi connectivity index (χ2n) is 15.1. The van der Waals surface area contributed by atoms with Crippen LogP contribution in [0.5, 0.6) is 0 Å². The summed E-state index contributed by atoms with van der Waals surface area (Å²) in [7, 11) is 0. The smallest absolute Gasteiger partial charge is 0.123 e. The first-order valence-corrected chi connectivity index (χ1v) is 19.5. The van der Waals surface area contributed by atoms with Crippen molar-refractivity contribution in [2.45, 2.75) is 24.7 Å². The molecule has 4 N–H and O–H groups in total. The molecule has 0 bridgehead atoms. The molecule has 1 fully saturated rings. The number of benzene rings is 7. The lowest BCUT2D eigenvalue weighted by molar-refractivity contribution is 0.223. The Labute approximate surface area is 324 Å². The molecule has 56 heavy (non-hydrogen) atoms. The minimum atomic E-state index is -0.0949. The van der Waals surface area contributed by atoms with Crippen molar-refractivity contribution in [2.24, 2.45) is 0 Å². The number of hydrogen-bond donors (Lipinski definition) is 4. The summed E-state index contributed by atoms with van der Waals surface area (Å²) in [6, 6.07) is 59.4. The van der Waals surface area contributed by atoms with Crippen LogP contribution in [0, 0.1) is 0 Å². The maximum absolute atomic E-state index is 3.84. The van der Waals surface area contributed by atoms with Crippen molar-refractivity contribution in [3.8, 4) is 27.9 Å². The fourth-order valence-corrected chi connectivity index (χ4v) is 9.58. The quantitative estimate of drug-likeness (QED) is 0.146. The van der Waals surface area contributed by atoms with Crippen LogP contribution in [0.2, 0.25) is 0 Å². The van der Waals surface area contributed by atoms with Crippen LogP contribution in [0.15, 0.2) is 188 Å². The Bertz CT molecular complexity index is 3010. The van der Waals surface area contributed by atoms with Gasteiger partial charge in [0.2, 0.25) is 0 Å². The molecule has 7 aromatic carbocycles. The van der Waals surface area contributed by atoms with Gasteiger partial charge in [-0.25, -0.2) is 0 Å². The van der Waals surface area contributed by atoms with Crippen molar-refractivity contribution < 1.29 is 0 Å². The third-order valence-electron chi connectivity index (χ3n) is 12.0. The Morgan fingerprint density at radius 1 is 0.429 bits per heavy atom. The number of para-hydroxylation sites is 3. The number of dihydropyridines is 1. The molecule has 2 aromatic heterocycles. The van der Waals surface area contributed by atoms with Crippen molar-refractivity contribution >= 4 is 43.6 Å². The Kier molecular flexibility index (Phi) is 7.01. The highest BCUT2D eigenvalue weighted by Gasteiger charge is 2.32. The van der Waals surface area contributed by atoms with Crippen LogP contribution in [0.4, 0.5) is 0 Å². The van der Waals surface area contributed by atoms with Crippen LogP contribution in [0.3, 0.4) is 0 Å². The van der Waals surface area contributed by atoms with Gasteiger partial charge in [0, 0.05) is 38.9 Å². The van der Waals surface area contributed by atoms with Gasteiger partial charge in [-0.2, -0.15) is 0 Å². The molecule has 6 heteroatoms. The van der Waals surface area contributed by atoms with E-state index in [1.165, 1.54) is 82.7 Å². The molecule has 9 aromatic rings. The predicted molar refractivity (Wildman–Crippen MR) is 229 cm³/mol. The van der Waals surface area contributed by atoms with Gasteiger partial charge in [-0.3, -0.25) is 16.0 Å². The third-order valence-corrected chi connectivity index (χ3v) is 12.0. The number of nitrogens with zero attached hydrogens (tertiary/aromatic N) is 2. The fraction of sp³-hybridized carbons (Fsp3) is 0.0800. The average Bonchev–Trinajstić information content (AvgIpc) is 3.75. The molecule has 0 amide bonds. The number of nitrogens with one attached hydrogen (secondary N) is 4. The summed E-state index contributed by atoms with van der Waals surface area (Å²) in [4.78, 5) is 0. The third kappa shape index (κ3) is 4.67. The molecule has 0 spiro atoms. The molecule has 12 rings (SSSR count). The standard InChI is InChI=1S/C50H38N6/c1-3-14-31(15-4-1)48-52-49(32-16-5-2-6-17-32)54-50(53-48)33-26-29-44(51-30-33)55-42-25-12-10-21-40(42)45-43(55)28-27-39-35-19-8-7-18-34(35)37-22-13-23-38-36-20-9-11-24-41(36)56(46(37)38)47(39)45/h1-30,44,48-54H.